The molecule has 1 fully saturated rings. The number of hydrogen-bond donors (Lipinski definition) is 2. The van der Waals surface area contributed by atoms with E-state index >= 15 is 0 Å². The highest BCUT2D eigenvalue weighted by Crippen LogP contribution is 2.57. The number of fused-ring (bicyclic) bond motifs is 2. The molecule has 0 atom stereocenters. The minimum absolute atomic E-state index is 0.127. The average molecular weight is 390 g/mol. The normalized spacial score (nSPS) is 16.3. The molecule has 2 N–H and O–H groups in total. The predicted octanol–water partition coefficient (Wildman–Crippen LogP) is 3.55. The van der Waals surface area contributed by atoms with Gasteiger partial charge in [-0.3, -0.25) is 0 Å². The fourth-order valence-corrected chi connectivity index (χ4v) is 4.20. The number of rotatable bonds is 6. The van der Waals surface area contributed by atoms with Gasteiger partial charge in [0.25, 0.3) is 0 Å². The van der Waals surface area contributed by atoms with E-state index in [1.165, 1.54) is 30.0 Å². The van der Waals surface area contributed by atoms with Gasteiger partial charge in [-0.25, -0.2) is 14.4 Å². The minimum Gasteiger partial charge on any atom is -0.395 e. The first-order chi connectivity index (χ1) is 14.2. The van der Waals surface area contributed by atoms with Crippen LogP contribution in [-0.4, -0.2) is 34.8 Å². The van der Waals surface area contributed by atoms with Gasteiger partial charge >= 0.3 is 0 Å². The third kappa shape index (κ3) is 3.28. The molecule has 0 radical (unpaired) electrons. The monoisotopic (exact) mass is 390 g/mol. The van der Waals surface area contributed by atoms with Crippen molar-refractivity contribution < 1.29 is 9.50 Å². The Balaban J connectivity index is 1.45. The van der Waals surface area contributed by atoms with Crippen LogP contribution in [0.25, 0.3) is 11.1 Å². The quantitative estimate of drug-likeness (QED) is 0.631. The molecule has 2 aliphatic rings. The van der Waals surface area contributed by atoms with Crippen molar-refractivity contribution in [2.24, 2.45) is 0 Å². The van der Waals surface area contributed by atoms with Crippen LogP contribution in [-0.2, 0) is 12.0 Å². The second-order valence-corrected chi connectivity index (χ2v) is 7.87. The van der Waals surface area contributed by atoms with Crippen LogP contribution in [0.3, 0.4) is 0 Å². The van der Waals surface area contributed by atoms with Gasteiger partial charge in [0, 0.05) is 54.3 Å². The van der Waals surface area contributed by atoms with E-state index in [-0.39, 0.29) is 17.8 Å². The van der Waals surface area contributed by atoms with Gasteiger partial charge in [0.05, 0.1) is 6.61 Å². The summed E-state index contributed by atoms with van der Waals surface area (Å²) in [5.74, 6) is 0.378. The van der Waals surface area contributed by atoms with Crippen molar-refractivity contribution in [2.45, 2.75) is 24.8 Å². The molecule has 1 aromatic heterocycles. The fraction of sp³-hybridized carbons (Fsp3) is 0.304. The van der Waals surface area contributed by atoms with Crippen molar-refractivity contribution in [3.05, 3.63) is 71.8 Å². The number of aromatic nitrogens is 2. The van der Waals surface area contributed by atoms with E-state index in [2.05, 4.69) is 38.4 Å². The Labute approximate surface area is 169 Å². The lowest BCUT2D eigenvalue weighted by molar-refractivity contribution is 0.292. The maximum absolute atomic E-state index is 14.1. The number of aliphatic hydroxyl groups excluding tert-OH is 1. The predicted molar refractivity (Wildman–Crippen MR) is 111 cm³/mol. The van der Waals surface area contributed by atoms with Crippen LogP contribution in [0, 0.1) is 5.82 Å². The molecule has 29 heavy (non-hydrogen) atoms. The fourth-order valence-electron chi connectivity index (χ4n) is 4.20. The first-order valence-corrected chi connectivity index (χ1v) is 10.00. The van der Waals surface area contributed by atoms with E-state index in [4.69, 9.17) is 5.11 Å². The number of nitrogens with one attached hydrogen (secondary N) is 1. The Hall–Kier alpha value is -2.83. The number of benzene rings is 2. The number of halogens is 1. The van der Waals surface area contributed by atoms with Crippen molar-refractivity contribution in [2.75, 3.05) is 24.6 Å². The lowest BCUT2D eigenvalue weighted by Crippen LogP contribution is -2.21. The molecule has 0 amide bonds. The molecule has 0 unspecified atom stereocenters. The Kier molecular flexibility index (Phi) is 4.53. The molecule has 0 saturated heterocycles. The van der Waals surface area contributed by atoms with E-state index in [1.54, 1.807) is 24.5 Å². The van der Waals surface area contributed by atoms with Gasteiger partial charge in [-0.05, 0) is 36.1 Å². The zero-order valence-corrected chi connectivity index (χ0v) is 16.1. The van der Waals surface area contributed by atoms with Gasteiger partial charge in [-0.2, -0.15) is 0 Å². The van der Waals surface area contributed by atoms with Crippen LogP contribution in [0.2, 0.25) is 0 Å². The SMILES string of the molecule is OCCNCc1ccc2c(c1)N(c1ncc(-c3ccccc3F)cn1)CC21CC1. The smallest absolute Gasteiger partial charge is 0.229 e. The largest absolute Gasteiger partial charge is 0.395 e. The highest BCUT2D eigenvalue weighted by atomic mass is 19.1. The molecule has 1 spiro atoms. The third-order valence-corrected chi connectivity index (χ3v) is 5.92. The molecule has 148 valence electrons. The summed E-state index contributed by atoms with van der Waals surface area (Å²) in [7, 11) is 0. The minimum atomic E-state index is -0.271. The molecular formula is C23H23FN4O. The van der Waals surface area contributed by atoms with Gasteiger partial charge < -0.3 is 15.3 Å². The molecule has 0 bridgehead atoms. The number of aliphatic hydroxyl groups is 1. The lowest BCUT2D eigenvalue weighted by atomic mass is 9.97. The Morgan fingerprint density at radius 1 is 1.10 bits per heavy atom. The first kappa shape index (κ1) is 18.2. The van der Waals surface area contributed by atoms with Crippen LogP contribution in [0.5, 0.6) is 0 Å². The Morgan fingerprint density at radius 3 is 2.62 bits per heavy atom. The number of anilines is 2. The van der Waals surface area contributed by atoms with Crippen molar-refractivity contribution in [1.82, 2.24) is 15.3 Å². The van der Waals surface area contributed by atoms with E-state index in [0.29, 0.717) is 30.2 Å². The van der Waals surface area contributed by atoms with E-state index < -0.39 is 0 Å². The molecule has 2 heterocycles. The van der Waals surface area contributed by atoms with Crippen LogP contribution in [0.15, 0.2) is 54.9 Å². The van der Waals surface area contributed by atoms with Gasteiger partial charge in [0.15, 0.2) is 0 Å². The van der Waals surface area contributed by atoms with Gasteiger partial charge in [-0.15, -0.1) is 0 Å². The summed E-state index contributed by atoms with van der Waals surface area (Å²) < 4.78 is 14.1. The van der Waals surface area contributed by atoms with Crippen LogP contribution in [0.1, 0.15) is 24.0 Å². The average Bonchev–Trinajstić information content (AvgIpc) is 3.46. The van der Waals surface area contributed by atoms with Crippen LogP contribution in [0.4, 0.5) is 16.0 Å². The maximum atomic E-state index is 14.1. The summed E-state index contributed by atoms with van der Waals surface area (Å²) in [5.41, 5.74) is 5.10. The van der Waals surface area contributed by atoms with Gasteiger partial charge in [0.2, 0.25) is 5.95 Å². The third-order valence-electron chi connectivity index (χ3n) is 5.92. The van der Waals surface area contributed by atoms with Crippen LogP contribution >= 0.6 is 0 Å². The van der Waals surface area contributed by atoms with E-state index in [9.17, 15) is 4.39 Å². The zero-order chi connectivity index (χ0) is 19.8. The van der Waals surface area contributed by atoms with Gasteiger partial charge in [-0.1, -0.05) is 30.3 Å². The molecular weight excluding hydrogens is 367 g/mol. The highest BCUT2D eigenvalue weighted by molar-refractivity contribution is 5.72. The summed E-state index contributed by atoms with van der Waals surface area (Å²) >= 11 is 0. The van der Waals surface area contributed by atoms with Crippen LogP contribution < -0.4 is 10.2 Å². The number of nitrogens with zero attached hydrogens (tertiary/aromatic N) is 3. The summed E-state index contributed by atoms with van der Waals surface area (Å²) in [5, 5.41) is 12.2. The zero-order valence-electron chi connectivity index (χ0n) is 16.1. The highest BCUT2D eigenvalue weighted by Gasteiger charge is 2.52. The molecule has 6 heteroatoms. The second-order valence-electron chi connectivity index (χ2n) is 7.87. The first-order valence-electron chi connectivity index (χ1n) is 10.00. The topological polar surface area (TPSA) is 61.3 Å². The van der Waals surface area contributed by atoms with Crippen molar-refractivity contribution >= 4 is 11.6 Å². The Morgan fingerprint density at radius 2 is 1.90 bits per heavy atom. The van der Waals surface area contributed by atoms with E-state index in [1.807, 2.05) is 6.07 Å². The van der Waals surface area contributed by atoms with Crippen molar-refractivity contribution in [1.29, 1.82) is 0 Å². The molecule has 1 aliphatic carbocycles. The molecule has 1 saturated carbocycles. The summed E-state index contributed by atoms with van der Waals surface area (Å²) in [6.07, 6.45) is 5.77. The molecule has 1 aliphatic heterocycles. The lowest BCUT2D eigenvalue weighted by Gasteiger charge is -2.18. The second kappa shape index (κ2) is 7.21. The Bertz CT molecular complexity index is 1030. The van der Waals surface area contributed by atoms with Crippen molar-refractivity contribution in [3.8, 4) is 11.1 Å². The van der Waals surface area contributed by atoms with E-state index in [0.717, 1.165) is 12.2 Å². The molecule has 3 aromatic rings. The van der Waals surface area contributed by atoms with Crippen molar-refractivity contribution in [3.63, 3.8) is 0 Å². The number of hydrogen-bond acceptors (Lipinski definition) is 5. The van der Waals surface area contributed by atoms with Gasteiger partial charge in [0.1, 0.15) is 5.82 Å². The summed E-state index contributed by atoms with van der Waals surface area (Å²) in [6.45, 7) is 2.30. The maximum Gasteiger partial charge on any atom is 0.229 e. The standard InChI is InChI=1S/C23H23FN4O/c24-20-4-2-1-3-18(20)17-13-26-22(27-14-17)28-15-23(7-8-23)19-6-5-16(11-21(19)28)12-25-9-10-29/h1-6,11,13-14,25,29H,7-10,12,15H2. The molecule has 2 aromatic carbocycles. The molecule has 5 nitrogen and oxygen atoms in total. The molecule has 5 rings (SSSR count). The summed E-state index contributed by atoms with van der Waals surface area (Å²) in [6, 6.07) is 13.3. The summed E-state index contributed by atoms with van der Waals surface area (Å²) in [4.78, 5) is 11.3.